The van der Waals surface area contributed by atoms with Gasteiger partial charge >= 0.3 is 0 Å². The Bertz CT molecular complexity index is 607. The molecule has 0 bridgehead atoms. The van der Waals surface area contributed by atoms with Gasteiger partial charge in [-0.3, -0.25) is 4.72 Å². The molecule has 1 aliphatic rings. The van der Waals surface area contributed by atoms with Crippen LogP contribution in [0.25, 0.3) is 0 Å². The van der Waals surface area contributed by atoms with Crippen molar-refractivity contribution in [2.45, 2.75) is 18.6 Å². The van der Waals surface area contributed by atoms with E-state index in [2.05, 4.69) is 4.72 Å². The molecule has 7 heteroatoms. The lowest BCUT2D eigenvalue weighted by atomic mass is 10.3. The van der Waals surface area contributed by atoms with E-state index in [1.54, 1.807) is 24.3 Å². The summed E-state index contributed by atoms with van der Waals surface area (Å²) in [6.07, 6.45) is 0.779. The molecule has 0 saturated carbocycles. The van der Waals surface area contributed by atoms with Crippen LogP contribution in [-0.4, -0.2) is 26.9 Å². The molecule has 1 unspecified atom stereocenters. The van der Waals surface area contributed by atoms with E-state index >= 15 is 0 Å². The van der Waals surface area contributed by atoms with Crippen LogP contribution in [0, 0.1) is 11.3 Å². The molecule has 1 atom stereocenters. The first kappa shape index (κ1) is 13.5. The summed E-state index contributed by atoms with van der Waals surface area (Å²) >= 11 is 0. The van der Waals surface area contributed by atoms with Crippen LogP contribution in [0.2, 0.25) is 0 Å². The molecule has 0 aromatic heterocycles. The molecule has 1 aromatic rings. The fourth-order valence-corrected chi connectivity index (χ4v) is 2.32. The van der Waals surface area contributed by atoms with Crippen molar-refractivity contribution >= 4 is 15.7 Å². The highest BCUT2D eigenvalue weighted by Gasteiger charge is 2.21. The van der Waals surface area contributed by atoms with Crippen molar-refractivity contribution in [3.63, 3.8) is 0 Å². The summed E-state index contributed by atoms with van der Waals surface area (Å²) in [5.41, 5.74) is 0.353. The molecule has 6 nitrogen and oxygen atoms in total. The maximum absolute atomic E-state index is 11.8. The summed E-state index contributed by atoms with van der Waals surface area (Å²) in [6.45, 7) is 2.42. The molecule has 102 valence electrons. The smallest absolute Gasteiger partial charge is 0.248 e. The number of rotatable bonds is 3. The molecule has 0 saturated heterocycles. The van der Waals surface area contributed by atoms with Crippen LogP contribution in [0.5, 0.6) is 11.5 Å². The third-order valence-corrected chi connectivity index (χ3v) is 4.21. The predicted molar refractivity (Wildman–Crippen MR) is 69.7 cm³/mol. The van der Waals surface area contributed by atoms with Crippen LogP contribution in [0.4, 0.5) is 5.69 Å². The Morgan fingerprint density at radius 3 is 2.68 bits per heavy atom. The Morgan fingerprint density at radius 2 is 2.00 bits per heavy atom. The van der Waals surface area contributed by atoms with Crippen LogP contribution in [0.3, 0.4) is 0 Å². The van der Waals surface area contributed by atoms with E-state index in [9.17, 15) is 8.42 Å². The average molecular weight is 282 g/mol. The van der Waals surface area contributed by atoms with Crippen molar-refractivity contribution in [3.05, 3.63) is 18.2 Å². The number of nitrogens with zero attached hydrogens (tertiary/aromatic N) is 1. The fourth-order valence-electron chi connectivity index (χ4n) is 1.55. The number of nitriles is 1. The van der Waals surface area contributed by atoms with Gasteiger partial charge in [0.05, 0.1) is 25.0 Å². The topological polar surface area (TPSA) is 88.4 Å². The van der Waals surface area contributed by atoms with Gasteiger partial charge in [-0.1, -0.05) is 0 Å². The van der Waals surface area contributed by atoms with Gasteiger partial charge in [0.15, 0.2) is 16.7 Å². The van der Waals surface area contributed by atoms with Crippen molar-refractivity contribution in [1.29, 1.82) is 5.26 Å². The second kappa shape index (κ2) is 5.36. The third kappa shape index (κ3) is 3.09. The van der Waals surface area contributed by atoms with Crippen LogP contribution >= 0.6 is 0 Å². The highest BCUT2D eigenvalue weighted by molar-refractivity contribution is 7.93. The van der Waals surface area contributed by atoms with Gasteiger partial charge in [0, 0.05) is 12.5 Å². The van der Waals surface area contributed by atoms with Crippen LogP contribution in [-0.2, 0) is 10.0 Å². The number of fused-ring (bicyclic) bond motifs is 1. The Kier molecular flexibility index (Phi) is 3.81. The number of nitrogens with one attached hydrogen (secondary N) is 1. The van der Waals surface area contributed by atoms with Gasteiger partial charge < -0.3 is 9.47 Å². The monoisotopic (exact) mass is 282 g/mol. The SMILES string of the molecule is CC(C#N)S(=O)(=O)Nc1ccc2c(c1)OCCCO2. The molecule has 1 heterocycles. The largest absolute Gasteiger partial charge is 0.490 e. The molecule has 1 aliphatic heterocycles. The summed E-state index contributed by atoms with van der Waals surface area (Å²) in [6, 6.07) is 6.48. The zero-order valence-corrected chi connectivity index (χ0v) is 11.2. The molecule has 1 N–H and O–H groups in total. The van der Waals surface area contributed by atoms with E-state index in [1.165, 1.54) is 6.92 Å². The molecule has 0 fully saturated rings. The second-order valence-electron chi connectivity index (χ2n) is 4.13. The normalized spacial score (nSPS) is 16.0. The number of benzene rings is 1. The van der Waals surface area contributed by atoms with Crippen molar-refractivity contribution < 1.29 is 17.9 Å². The Labute approximate surface area is 112 Å². The lowest BCUT2D eigenvalue weighted by Gasteiger charge is -2.12. The van der Waals surface area contributed by atoms with Gasteiger partial charge in [-0.15, -0.1) is 0 Å². The summed E-state index contributed by atoms with van der Waals surface area (Å²) < 4.78 is 36.8. The number of hydrogen-bond acceptors (Lipinski definition) is 5. The second-order valence-corrected chi connectivity index (χ2v) is 6.13. The number of hydrogen-bond donors (Lipinski definition) is 1. The minimum absolute atomic E-state index is 0.353. The highest BCUT2D eigenvalue weighted by atomic mass is 32.2. The molecular formula is C12H14N2O4S. The first-order valence-electron chi connectivity index (χ1n) is 5.84. The van der Waals surface area contributed by atoms with Gasteiger partial charge in [-0.05, 0) is 19.1 Å². The molecular weight excluding hydrogens is 268 g/mol. The van der Waals surface area contributed by atoms with E-state index in [0.29, 0.717) is 30.4 Å². The summed E-state index contributed by atoms with van der Waals surface area (Å²) in [4.78, 5) is 0. The van der Waals surface area contributed by atoms with Gasteiger partial charge in [0.1, 0.15) is 0 Å². The summed E-state index contributed by atoms with van der Waals surface area (Å²) in [7, 11) is -3.71. The van der Waals surface area contributed by atoms with Gasteiger partial charge in [-0.2, -0.15) is 5.26 Å². The molecule has 0 radical (unpaired) electrons. The number of ether oxygens (including phenoxy) is 2. The van der Waals surface area contributed by atoms with Gasteiger partial charge in [0.25, 0.3) is 0 Å². The van der Waals surface area contributed by atoms with Gasteiger partial charge in [-0.25, -0.2) is 8.42 Å². The number of anilines is 1. The van der Waals surface area contributed by atoms with Crippen LogP contribution in [0.1, 0.15) is 13.3 Å². The zero-order valence-electron chi connectivity index (χ0n) is 10.4. The van der Waals surface area contributed by atoms with Crippen LogP contribution < -0.4 is 14.2 Å². The van der Waals surface area contributed by atoms with Crippen molar-refractivity contribution in [1.82, 2.24) is 0 Å². The minimum atomic E-state index is -3.71. The molecule has 0 aliphatic carbocycles. The van der Waals surface area contributed by atoms with Crippen molar-refractivity contribution in [2.75, 3.05) is 17.9 Å². The Morgan fingerprint density at radius 1 is 1.32 bits per heavy atom. The van der Waals surface area contributed by atoms with E-state index in [0.717, 1.165) is 6.42 Å². The maximum Gasteiger partial charge on any atom is 0.248 e. The minimum Gasteiger partial charge on any atom is -0.490 e. The fraction of sp³-hybridized carbons (Fsp3) is 0.417. The van der Waals surface area contributed by atoms with Crippen molar-refractivity contribution in [3.8, 4) is 17.6 Å². The molecule has 0 spiro atoms. The first-order valence-corrected chi connectivity index (χ1v) is 7.38. The molecule has 19 heavy (non-hydrogen) atoms. The zero-order chi connectivity index (χ0) is 13.9. The van der Waals surface area contributed by atoms with Crippen LogP contribution in [0.15, 0.2) is 18.2 Å². The Balaban J connectivity index is 2.24. The number of sulfonamides is 1. The summed E-state index contributed by atoms with van der Waals surface area (Å²) in [5.74, 6) is 1.09. The summed E-state index contributed by atoms with van der Waals surface area (Å²) in [5, 5.41) is 7.54. The van der Waals surface area contributed by atoms with E-state index in [4.69, 9.17) is 14.7 Å². The predicted octanol–water partition coefficient (Wildman–Crippen LogP) is 1.50. The third-order valence-electron chi connectivity index (χ3n) is 2.65. The van der Waals surface area contributed by atoms with Gasteiger partial charge in [0.2, 0.25) is 10.0 Å². The maximum atomic E-state index is 11.8. The molecule has 2 rings (SSSR count). The first-order chi connectivity index (χ1) is 9.03. The highest BCUT2D eigenvalue weighted by Crippen LogP contribution is 2.32. The average Bonchev–Trinajstić information content (AvgIpc) is 2.61. The lowest BCUT2D eigenvalue weighted by molar-refractivity contribution is 0.297. The van der Waals surface area contributed by atoms with E-state index in [1.807, 2.05) is 0 Å². The Hall–Kier alpha value is -1.94. The van der Waals surface area contributed by atoms with E-state index in [-0.39, 0.29) is 0 Å². The van der Waals surface area contributed by atoms with E-state index < -0.39 is 15.3 Å². The lowest BCUT2D eigenvalue weighted by Crippen LogP contribution is -2.23. The standard InChI is InChI=1S/C12H14N2O4S/c1-9(8-13)19(15,16)14-10-3-4-11-12(7-10)18-6-2-5-17-11/h3-4,7,9,14H,2,5-6H2,1H3. The quantitative estimate of drug-likeness (QED) is 0.907. The molecule has 0 amide bonds. The van der Waals surface area contributed by atoms with Crippen molar-refractivity contribution in [2.24, 2.45) is 0 Å². The molecule has 1 aromatic carbocycles.